The topological polar surface area (TPSA) is 45.6 Å². The summed E-state index contributed by atoms with van der Waals surface area (Å²) < 4.78 is 5.74. The molecule has 0 saturated carbocycles. The first-order valence-electron chi connectivity index (χ1n) is 7.68. The highest BCUT2D eigenvalue weighted by Gasteiger charge is 2.21. The fourth-order valence-electron chi connectivity index (χ4n) is 2.94. The van der Waals surface area contributed by atoms with Gasteiger partial charge in [-0.2, -0.15) is 0 Å². The Labute approximate surface area is 125 Å². The number of rotatable bonds is 5. The lowest BCUT2D eigenvalue weighted by Gasteiger charge is -2.27. The van der Waals surface area contributed by atoms with Crippen LogP contribution in [0.2, 0.25) is 0 Å². The van der Waals surface area contributed by atoms with Crippen LogP contribution in [0.25, 0.3) is 10.9 Å². The van der Waals surface area contributed by atoms with E-state index in [1.807, 2.05) is 30.3 Å². The molecule has 1 aromatic carbocycles. The van der Waals surface area contributed by atoms with Crippen molar-refractivity contribution in [3.8, 4) is 0 Å². The Morgan fingerprint density at radius 1 is 1.38 bits per heavy atom. The van der Waals surface area contributed by atoms with Crippen molar-refractivity contribution in [1.29, 1.82) is 0 Å². The van der Waals surface area contributed by atoms with Gasteiger partial charge in [0.05, 0.1) is 18.2 Å². The zero-order valence-corrected chi connectivity index (χ0v) is 12.5. The van der Waals surface area contributed by atoms with Crippen LogP contribution in [0.5, 0.6) is 0 Å². The minimum Gasteiger partial charge on any atom is -0.392 e. The first kappa shape index (κ1) is 14.3. The summed E-state index contributed by atoms with van der Waals surface area (Å²) in [5, 5.41) is 10.8. The molecule has 4 nitrogen and oxygen atoms in total. The minimum atomic E-state index is 0.00912. The monoisotopic (exact) mass is 286 g/mol. The number of aliphatic hydroxyl groups is 1. The normalized spacial score (nSPS) is 18.3. The molecule has 1 aliphatic rings. The Morgan fingerprint density at radius 2 is 2.24 bits per heavy atom. The van der Waals surface area contributed by atoms with Crippen molar-refractivity contribution >= 4 is 16.7 Å². The number of fused-ring (bicyclic) bond motifs is 1. The van der Waals surface area contributed by atoms with E-state index in [2.05, 4.69) is 11.8 Å². The van der Waals surface area contributed by atoms with Crippen molar-refractivity contribution in [2.24, 2.45) is 0 Å². The third-order valence-electron chi connectivity index (χ3n) is 4.08. The van der Waals surface area contributed by atoms with Crippen LogP contribution in [0.15, 0.2) is 30.3 Å². The van der Waals surface area contributed by atoms with Gasteiger partial charge in [-0.25, -0.2) is 4.98 Å². The Hall–Kier alpha value is -1.65. The predicted octanol–water partition coefficient (Wildman–Crippen LogP) is 2.73. The number of nitrogens with zero attached hydrogens (tertiary/aromatic N) is 2. The molecule has 1 saturated heterocycles. The zero-order chi connectivity index (χ0) is 14.7. The molecule has 1 fully saturated rings. The Kier molecular flexibility index (Phi) is 4.36. The van der Waals surface area contributed by atoms with Gasteiger partial charge in [0.15, 0.2) is 0 Å². The third-order valence-corrected chi connectivity index (χ3v) is 4.08. The fourth-order valence-corrected chi connectivity index (χ4v) is 2.94. The summed E-state index contributed by atoms with van der Waals surface area (Å²) >= 11 is 0. The minimum absolute atomic E-state index is 0.00912. The van der Waals surface area contributed by atoms with Gasteiger partial charge in [0.25, 0.3) is 0 Å². The summed E-state index contributed by atoms with van der Waals surface area (Å²) in [6.45, 7) is 4.69. The molecule has 0 aliphatic carbocycles. The molecule has 1 aromatic heterocycles. The molecule has 2 aromatic rings. The van der Waals surface area contributed by atoms with Crippen molar-refractivity contribution in [3.63, 3.8) is 0 Å². The molecule has 21 heavy (non-hydrogen) atoms. The van der Waals surface area contributed by atoms with E-state index in [4.69, 9.17) is 9.72 Å². The number of hydrogen-bond acceptors (Lipinski definition) is 4. The molecule has 1 aliphatic heterocycles. The smallest absolute Gasteiger partial charge is 0.134 e. The molecular weight excluding hydrogens is 264 g/mol. The lowest BCUT2D eigenvalue weighted by atomic mass is 10.1. The highest BCUT2D eigenvalue weighted by molar-refractivity contribution is 5.81. The van der Waals surface area contributed by atoms with E-state index in [1.54, 1.807) is 0 Å². The van der Waals surface area contributed by atoms with E-state index in [-0.39, 0.29) is 12.7 Å². The zero-order valence-electron chi connectivity index (χ0n) is 12.5. The second-order valence-electron chi connectivity index (χ2n) is 5.50. The second kappa shape index (κ2) is 6.41. The van der Waals surface area contributed by atoms with Crippen LogP contribution in [0, 0.1) is 0 Å². The van der Waals surface area contributed by atoms with Crippen LogP contribution >= 0.6 is 0 Å². The van der Waals surface area contributed by atoms with Crippen molar-refractivity contribution in [3.05, 3.63) is 35.9 Å². The van der Waals surface area contributed by atoms with Gasteiger partial charge in [0.1, 0.15) is 5.82 Å². The van der Waals surface area contributed by atoms with Gasteiger partial charge in [0, 0.05) is 30.6 Å². The maximum Gasteiger partial charge on any atom is 0.134 e. The van der Waals surface area contributed by atoms with Crippen LogP contribution in [0.4, 0.5) is 5.82 Å². The molecule has 0 bridgehead atoms. The number of aliphatic hydroxyl groups excluding tert-OH is 1. The summed E-state index contributed by atoms with van der Waals surface area (Å²) in [6.07, 6.45) is 2.53. The van der Waals surface area contributed by atoms with Gasteiger partial charge >= 0.3 is 0 Å². The van der Waals surface area contributed by atoms with E-state index in [0.29, 0.717) is 0 Å². The lowest BCUT2D eigenvalue weighted by Crippen LogP contribution is -2.33. The van der Waals surface area contributed by atoms with Crippen molar-refractivity contribution in [1.82, 2.24) is 4.98 Å². The average molecular weight is 286 g/mol. The number of para-hydroxylation sites is 1. The molecular formula is C17H22N2O2. The third kappa shape index (κ3) is 3.01. The number of benzene rings is 1. The van der Waals surface area contributed by atoms with Gasteiger partial charge in [0.2, 0.25) is 0 Å². The van der Waals surface area contributed by atoms with Gasteiger partial charge in [-0.15, -0.1) is 0 Å². The molecule has 0 amide bonds. The Balaban J connectivity index is 1.95. The molecule has 3 rings (SSSR count). The number of pyridine rings is 1. The van der Waals surface area contributed by atoms with Gasteiger partial charge in [-0.05, 0) is 31.9 Å². The second-order valence-corrected chi connectivity index (χ2v) is 5.50. The number of aromatic nitrogens is 1. The van der Waals surface area contributed by atoms with Crippen LogP contribution in [-0.4, -0.2) is 35.9 Å². The van der Waals surface area contributed by atoms with Gasteiger partial charge in [-0.1, -0.05) is 18.2 Å². The average Bonchev–Trinajstić information content (AvgIpc) is 3.04. The summed E-state index contributed by atoms with van der Waals surface area (Å²) in [7, 11) is 0. The predicted molar refractivity (Wildman–Crippen MR) is 84.5 cm³/mol. The summed E-state index contributed by atoms with van der Waals surface area (Å²) in [5.41, 5.74) is 1.85. The molecule has 2 heterocycles. The van der Waals surface area contributed by atoms with E-state index in [0.717, 1.165) is 54.8 Å². The highest BCUT2D eigenvalue weighted by Crippen LogP contribution is 2.25. The number of hydrogen-bond donors (Lipinski definition) is 1. The van der Waals surface area contributed by atoms with Crippen molar-refractivity contribution in [2.45, 2.75) is 32.5 Å². The first-order chi connectivity index (χ1) is 10.3. The van der Waals surface area contributed by atoms with Crippen molar-refractivity contribution in [2.75, 3.05) is 24.6 Å². The van der Waals surface area contributed by atoms with Gasteiger partial charge < -0.3 is 14.7 Å². The molecule has 1 atom stereocenters. The summed E-state index contributed by atoms with van der Waals surface area (Å²) in [4.78, 5) is 6.99. The number of anilines is 1. The Morgan fingerprint density at radius 3 is 2.95 bits per heavy atom. The standard InChI is InChI=1S/C17H22N2O2/c1-2-19(11-15-7-5-9-21-15)17-14(12-20)10-13-6-3-4-8-16(13)18-17/h3-4,6,8,10,15,20H,2,5,7,9,11-12H2,1H3. The molecule has 1 unspecified atom stereocenters. The maximum atomic E-state index is 9.69. The number of likely N-dealkylation sites (N-methyl/N-ethyl adjacent to an activating group) is 1. The first-order valence-corrected chi connectivity index (χ1v) is 7.68. The fraction of sp³-hybridized carbons (Fsp3) is 0.471. The highest BCUT2D eigenvalue weighted by atomic mass is 16.5. The van der Waals surface area contributed by atoms with E-state index in [1.165, 1.54) is 0 Å². The molecule has 0 spiro atoms. The van der Waals surface area contributed by atoms with E-state index < -0.39 is 0 Å². The SMILES string of the molecule is CCN(CC1CCCO1)c1nc2ccccc2cc1CO. The molecule has 112 valence electrons. The molecule has 4 heteroatoms. The summed E-state index contributed by atoms with van der Waals surface area (Å²) in [5.74, 6) is 0.884. The number of ether oxygens (including phenoxy) is 1. The maximum absolute atomic E-state index is 9.69. The molecule has 1 N–H and O–H groups in total. The van der Waals surface area contributed by atoms with E-state index in [9.17, 15) is 5.11 Å². The molecule has 0 radical (unpaired) electrons. The van der Waals surface area contributed by atoms with Crippen LogP contribution in [0.1, 0.15) is 25.3 Å². The van der Waals surface area contributed by atoms with Gasteiger partial charge in [-0.3, -0.25) is 0 Å². The lowest BCUT2D eigenvalue weighted by molar-refractivity contribution is 0.115. The van der Waals surface area contributed by atoms with Crippen LogP contribution < -0.4 is 4.90 Å². The van der Waals surface area contributed by atoms with Crippen LogP contribution in [-0.2, 0) is 11.3 Å². The van der Waals surface area contributed by atoms with Crippen molar-refractivity contribution < 1.29 is 9.84 Å². The Bertz CT molecular complexity index is 609. The quantitative estimate of drug-likeness (QED) is 0.918. The van der Waals surface area contributed by atoms with Crippen LogP contribution in [0.3, 0.4) is 0 Å². The summed E-state index contributed by atoms with van der Waals surface area (Å²) in [6, 6.07) is 10.1. The largest absolute Gasteiger partial charge is 0.392 e. The van der Waals surface area contributed by atoms with E-state index >= 15 is 0 Å².